The van der Waals surface area contributed by atoms with E-state index in [9.17, 15) is 0 Å². The van der Waals surface area contributed by atoms with Gasteiger partial charge < -0.3 is 11.1 Å². The first-order valence-corrected chi connectivity index (χ1v) is 5.51. The molecule has 1 aromatic heterocycles. The highest BCUT2D eigenvalue weighted by Gasteiger charge is 2.37. The Morgan fingerprint density at radius 2 is 2.62 bits per heavy atom. The second kappa shape index (κ2) is 3.36. The Morgan fingerprint density at radius 3 is 3.23 bits per heavy atom. The van der Waals surface area contributed by atoms with Crippen LogP contribution in [0, 0.1) is 5.92 Å². The number of hydrogen-bond acceptors (Lipinski definition) is 4. The first kappa shape index (κ1) is 9.12. The number of nitrogens with one attached hydrogen (secondary N) is 1. The Morgan fingerprint density at radius 1 is 1.77 bits per heavy atom. The summed E-state index contributed by atoms with van der Waals surface area (Å²) >= 11 is 1.67. The third-order valence-corrected chi connectivity index (χ3v) is 3.84. The number of nitrogens with two attached hydrogens (primary N) is 1. The summed E-state index contributed by atoms with van der Waals surface area (Å²) in [6.45, 7) is 4.18. The minimum atomic E-state index is -0.195. The maximum absolute atomic E-state index is 6.38. The highest BCUT2D eigenvalue weighted by Crippen LogP contribution is 2.33. The summed E-state index contributed by atoms with van der Waals surface area (Å²) in [5.41, 5.74) is 6.18. The molecule has 0 saturated carbocycles. The van der Waals surface area contributed by atoms with Gasteiger partial charge in [0.2, 0.25) is 0 Å². The molecule has 0 spiro atoms. The quantitative estimate of drug-likeness (QED) is 0.704. The van der Waals surface area contributed by atoms with Gasteiger partial charge in [-0.1, -0.05) is 6.92 Å². The number of rotatable bonds is 1. The van der Waals surface area contributed by atoms with Gasteiger partial charge in [0.15, 0.2) is 0 Å². The van der Waals surface area contributed by atoms with Gasteiger partial charge in [0.1, 0.15) is 5.01 Å². The summed E-state index contributed by atoms with van der Waals surface area (Å²) in [6, 6.07) is 0. The van der Waals surface area contributed by atoms with E-state index in [-0.39, 0.29) is 5.54 Å². The summed E-state index contributed by atoms with van der Waals surface area (Å²) < 4.78 is 0. The molecule has 0 aromatic carbocycles. The monoisotopic (exact) mass is 197 g/mol. The molecule has 1 aliphatic rings. The lowest BCUT2D eigenvalue weighted by atomic mass is 9.81. The van der Waals surface area contributed by atoms with Crippen molar-refractivity contribution in [3.05, 3.63) is 16.6 Å². The van der Waals surface area contributed by atoms with Crippen molar-refractivity contribution in [3.8, 4) is 0 Å². The maximum Gasteiger partial charge on any atom is 0.113 e. The molecule has 3 nitrogen and oxygen atoms in total. The van der Waals surface area contributed by atoms with E-state index in [0.29, 0.717) is 5.92 Å². The Balaban J connectivity index is 2.27. The van der Waals surface area contributed by atoms with Crippen LogP contribution in [0.4, 0.5) is 0 Å². The van der Waals surface area contributed by atoms with Crippen molar-refractivity contribution in [1.82, 2.24) is 10.3 Å². The van der Waals surface area contributed by atoms with E-state index >= 15 is 0 Å². The number of thiazole rings is 1. The average molecular weight is 197 g/mol. The Kier molecular flexibility index (Phi) is 2.36. The molecule has 0 aliphatic carbocycles. The average Bonchev–Trinajstić information content (AvgIpc) is 2.63. The molecule has 3 N–H and O–H groups in total. The lowest BCUT2D eigenvalue weighted by Gasteiger charge is -2.38. The van der Waals surface area contributed by atoms with Crippen LogP contribution < -0.4 is 11.1 Å². The zero-order chi connectivity index (χ0) is 9.31. The molecule has 2 heterocycles. The third kappa shape index (κ3) is 1.49. The van der Waals surface area contributed by atoms with Gasteiger partial charge in [-0.2, -0.15) is 0 Å². The van der Waals surface area contributed by atoms with E-state index in [4.69, 9.17) is 5.73 Å². The van der Waals surface area contributed by atoms with Crippen LogP contribution in [0.25, 0.3) is 0 Å². The fraction of sp³-hybridized carbons (Fsp3) is 0.667. The van der Waals surface area contributed by atoms with Crippen molar-refractivity contribution in [1.29, 1.82) is 0 Å². The molecule has 0 radical (unpaired) electrons. The van der Waals surface area contributed by atoms with Crippen LogP contribution in [-0.4, -0.2) is 18.1 Å². The number of piperidine rings is 1. The fourth-order valence-corrected chi connectivity index (χ4v) is 2.71. The minimum Gasteiger partial charge on any atom is -0.319 e. The van der Waals surface area contributed by atoms with E-state index in [1.165, 1.54) is 0 Å². The van der Waals surface area contributed by atoms with Crippen LogP contribution in [0.15, 0.2) is 11.6 Å². The minimum absolute atomic E-state index is 0.195. The van der Waals surface area contributed by atoms with Gasteiger partial charge in [-0.05, 0) is 25.4 Å². The normalized spacial score (nSPS) is 34.8. The smallest absolute Gasteiger partial charge is 0.113 e. The van der Waals surface area contributed by atoms with Gasteiger partial charge in [-0.15, -0.1) is 11.3 Å². The van der Waals surface area contributed by atoms with Crippen molar-refractivity contribution in [2.75, 3.05) is 13.1 Å². The molecule has 2 unspecified atom stereocenters. The fourth-order valence-electron chi connectivity index (χ4n) is 1.81. The van der Waals surface area contributed by atoms with Crippen molar-refractivity contribution >= 4 is 11.3 Å². The molecule has 13 heavy (non-hydrogen) atoms. The molecule has 0 bridgehead atoms. The van der Waals surface area contributed by atoms with Gasteiger partial charge in [-0.3, -0.25) is 0 Å². The van der Waals surface area contributed by atoms with Crippen LogP contribution in [0.1, 0.15) is 18.4 Å². The first-order chi connectivity index (χ1) is 6.23. The summed E-state index contributed by atoms with van der Waals surface area (Å²) in [6.07, 6.45) is 2.82. The molecule has 2 atom stereocenters. The summed E-state index contributed by atoms with van der Waals surface area (Å²) in [7, 11) is 0. The number of nitrogens with zero attached hydrogens (tertiary/aromatic N) is 1. The molecule has 1 aliphatic heterocycles. The van der Waals surface area contributed by atoms with Gasteiger partial charge in [0.25, 0.3) is 0 Å². The van der Waals surface area contributed by atoms with Crippen LogP contribution >= 0.6 is 11.3 Å². The topological polar surface area (TPSA) is 50.9 Å². The van der Waals surface area contributed by atoms with Crippen molar-refractivity contribution in [3.63, 3.8) is 0 Å². The van der Waals surface area contributed by atoms with Gasteiger partial charge in [-0.25, -0.2) is 4.98 Å². The summed E-state index contributed by atoms with van der Waals surface area (Å²) in [4.78, 5) is 4.33. The Bertz CT molecular complexity index is 272. The predicted molar refractivity (Wildman–Crippen MR) is 54.6 cm³/mol. The van der Waals surface area contributed by atoms with E-state index in [2.05, 4.69) is 17.2 Å². The highest BCUT2D eigenvalue weighted by molar-refractivity contribution is 7.09. The van der Waals surface area contributed by atoms with Gasteiger partial charge in [0.05, 0.1) is 5.54 Å². The van der Waals surface area contributed by atoms with E-state index in [1.54, 1.807) is 11.3 Å². The molecular formula is C9H15N3S. The van der Waals surface area contributed by atoms with Crippen molar-refractivity contribution < 1.29 is 0 Å². The van der Waals surface area contributed by atoms with Crippen molar-refractivity contribution in [2.24, 2.45) is 11.7 Å². The second-order valence-corrected chi connectivity index (χ2v) is 4.63. The molecular weight excluding hydrogens is 182 g/mol. The Hall–Kier alpha value is -0.450. The maximum atomic E-state index is 6.38. The zero-order valence-electron chi connectivity index (χ0n) is 7.79. The molecule has 4 heteroatoms. The highest BCUT2D eigenvalue weighted by atomic mass is 32.1. The largest absolute Gasteiger partial charge is 0.319 e. The van der Waals surface area contributed by atoms with Crippen LogP contribution in [0.2, 0.25) is 0 Å². The van der Waals surface area contributed by atoms with Crippen LogP contribution in [0.5, 0.6) is 0 Å². The SMILES string of the molecule is CC1CNCCC1(N)c1nccs1. The lowest BCUT2D eigenvalue weighted by molar-refractivity contribution is 0.222. The molecule has 1 aromatic rings. The molecule has 1 fully saturated rings. The lowest BCUT2D eigenvalue weighted by Crippen LogP contribution is -2.52. The van der Waals surface area contributed by atoms with Gasteiger partial charge >= 0.3 is 0 Å². The number of hydrogen-bond donors (Lipinski definition) is 2. The predicted octanol–water partition coefficient (Wildman–Crippen LogP) is 0.926. The molecule has 72 valence electrons. The molecule has 2 rings (SSSR count). The van der Waals surface area contributed by atoms with E-state index in [0.717, 1.165) is 24.5 Å². The Labute approximate surface area is 82.4 Å². The molecule has 1 saturated heterocycles. The summed E-state index contributed by atoms with van der Waals surface area (Å²) in [5, 5.41) is 6.43. The second-order valence-electron chi connectivity index (χ2n) is 3.73. The standard InChI is InChI=1S/C9H15N3S/c1-7-6-11-3-2-9(7,10)8-12-4-5-13-8/h4-5,7,11H,2-3,6,10H2,1H3. The van der Waals surface area contributed by atoms with Crippen LogP contribution in [0.3, 0.4) is 0 Å². The van der Waals surface area contributed by atoms with Gasteiger partial charge in [0, 0.05) is 11.6 Å². The van der Waals surface area contributed by atoms with Crippen LogP contribution in [-0.2, 0) is 5.54 Å². The first-order valence-electron chi connectivity index (χ1n) is 4.63. The van der Waals surface area contributed by atoms with E-state index in [1.807, 2.05) is 11.6 Å². The molecule has 0 amide bonds. The number of aromatic nitrogens is 1. The van der Waals surface area contributed by atoms with E-state index < -0.39 is 0 Å². The summed E-state index contributed by atoms with van der Waals surface area (Å²) in [5.74, 6) is 0.465. The third-order valence-electron chi connectivity index (χ3n) is 2.88. The zero-order valence-corrected chi connectivity index (χ0v) is 8.60. The van der Waals surface area contributed by atoms with Crippen molar-refractivity contribution in [2.45, 2.75) is 18.9 Å².